The molecule has 8 aromatic carbocycles. The van der Waals surface area contributed by atoms with Crippen LogP contribution < -0.4 is 4.90 Å². The molecule has 0 radical (unpaired) electrons. The van der Waals surface area contributed by atoms with Gasteiger partial charge in [-0.3, -0.25) is 0 Å². The van der Waals surface area contributed by atoms with Crippen molar-refractivity contribution in [2.24, 2.45) is 0 Å². The van der Waals surface area contributed by atoms with Gasteiger partial charge in [-0.25, -0.2) is 0 Å². The molecule has 8 aromatic rings. The first-order chi connectivity index (χ1) is 25.8. The normalized spacial score (nSPS) is 14.3. The van der Waals surface area contributed by atoms with Crippen molar-refractivity contribution >= 4 is 27.8 Å². The number of anilines is 3. The Kier molecular flexibility index (Phi) is 6.94. The first-order valence-electron chi connectivity index (χ1n) is 18.8. The molecule has 0 saturated carbocycles. The second-order valence-electron chi connectivity index (χ2n) is 15.8. The molecule has 2 aliphatic carbocycles. The molecule has 0 heterocycles. The molecule has 0 aromatic heterocycles. The van der Waals surface area contributed by atoms with Gasteiger partial charge >= 0.3 is 0 Å². The molecule has 0 spiro atoms. The van der Waals surface area contributed by atoms with Crippen molar-refractivity contribution in [2.45, 2.75) is 38.5 Å². The molecule has 0 aliphatic heterocycles. The number of nitrogens with zero attached hydrogens (tertiary/aromatic N) is 1. The third-order valence-electron chi connectivity index (χ3n) is 12.0. The molecule has 254 valence electrons. The van der Waals surface area contributed by atoms with E-state index < -0.39 is 0 Å². The molecule has 10 rings (SSSR count). The van der Waals surface area contributed by atoms with E-state index in [1.807, 2.05) is 0 Å². The number of rotatable bonds is 5. The summed E-state index contributed by atoms with van der Waals surface area (Å²) in [4.78, 5) is 2.47. The number of fused-ring (bicyclic) bond motifs is 8. The van der Waals surface area contributed by atoms with Crippen LogP contribution in [-0.2, 0) is 10.8 Å². The molecule has 0 fully saturated rings. The highest BCUT2D eigenvalue weighted by Crippen LogP contribution is 2.54. The Bertz CT molecular complexity index is 2730. The third kappa shape index (κ3) is 4.84. The predicted octanol–water partition coefficient (Wildman–Crippen LogP) is 14.3. The standard InChI is InChI=1S/C52H41N/c1-51(2)47-23-11-10-22-43(47)44-28-25-40(32-48(44)51)53(39-20-13-19-38(31-39)37-18-12-17-36(30-37)34-14-6-5-7-15-34)41-26-29-45-46-27-24-35-16-8-9-21-42(35)50(46)52(3,4)49(45)33-41/h5-33H,1-4H3. The lowest BCUT2D eigenvalue weighted by Gasteiger charge is -2.30. The van der Waals surface area contributed by atoms with Crippen LogP contribution in [0, 0.1) is 0 Å². The first kappa shape index (κ1) is 31.5. The van der Waals surface area contributed by atoms with Crippen LogP contribution in [0.4, 0.5) is 17.1 Å². The number of hydrogen-bond acceptors (Lipinski definition) is 1. The summed E-state index contributed by atoms with van der Waals surface area (Å²) in [6.45, 7) is 9.53. The number of hydrogen-bond donors (Lipinski definition) is 0. The average molecular weight is 680 g/mol. The van der Waals surface area contributed by atoms with E-state index in [1.54, 1.807) is 0 Å². The second-order valence-corrected chi connectivity index (χ2v) is 15.8. The first-order valence-corrected chi connectivity index (χ1v) is 18.8. The fourth-order valence-corrected chi connectivity index (χ4v) is 9.34. The van der Waals surface area contributed by atoms with E-state index in [4.69, 9.17) is 0 Å². The van der Waals surface area contributed by atoms with Crippen LogP contribution in [0.25, 0.3) is 55.3 Å². The van der Waals surface area contributed by atoms with E-state index in [0.717, 1.165) is 11.4 Å². The van der Waals surface area contributed by atoms with Crippen LogP contribution in [0.15, 0.2) is 176 Å². The highest BCUT2D eigenvalue weighted by molar-refractivity contribution is 5.98. The molecule has 0 amide bonds. The van der Waals surface area contributed by atoms with Crippen molar-refractivity contribution in [1.29, 1.82) is 0 Å². The van der Waals surface area contributed by atoms with Crippen molar-refractivity contribution in [2.75, 3.05) is 4.90 Å². The molecule has 0 N–H and O–H groups in total. The van der Waals surface area contributed by atoms with Gasteiger partial charge in [-0.15, -0.1) is 0 Å². The summed E-state index contributed by atoms with van der Waals surface area (Å²) < 4.78 is 0. The summed E-state index contributed by atoms with van der Waals surface area (Å²) in [7, 11) is 0. The molecule has 0 unspecified atom stereocenters. The fourth-order valence-electron chi connectivity index (χ4n) is 9.34. The Morgan fingerprint density at radius 2 is 0.868 bits per heavy atom. The zero-order chi connectivity index (χ0) is 35.9. The molecule has 1 nitrogen and oxygen atoms in total. The van der Waals surface area contributed by atoms with E-state index in [2.05, 4.69) is 209 Å². The highest BCUT2D eigenvalue weighted by atomic mass is 15.1. The van der Waals surface area contributed by atoms with Gasteiger partial charge in [-0.2, -0.15) is 0 Å². The minimum Gasteiger partial charge on any atom is -0.310 e. The summed E-state index contributed by atoms with van der Waals surface area (Å²) in [6.07, 6.45) is 0. The van der Waals surface area contributed by atoms with Gasteiger partial charge in [-0.05, 0) is 120 Å². The largest absolute Gasteiger partial charge is 0.310 e. The molecule has 0 saturated heterocycles. The molecular formula is C52H41N. The van der Waals surface area contributed by atoms with Crippen LogP contribution in [0.2, 0.25) is 0 Å². The fraction of sp³-hybridized carbons (Fsp3) is 0.115. The maximum atomic E-state index is 2.47. The maximum Gasteiger partial charge on any atom is 0.0467 e. The van der Waals surface area contributed by atoms with E-state index in [0.29, 0.717) is 0 Å². The summed E-state index contributed by atoms with van der Waals surface area (Å²) in [5, 5.41) is 2.64. The van der Waals surface area contributed by atoms with Gasteiger partial charge in [0.05, 0.1) is 0 Å². The van der Waals surface area contributed by atoms with Gasteiger partial charge in [0.15, 0.2) is 0 Å². The highest BCUT2D eigenvalue weighted by Gasteiger charge is 2.38. The SMILES string of the molecule is CC1(C)c2ccccc2-c2ccc(N(c3cccc(-c4cccc(-c5ccccc5)c4)c3)c3ccc4c(c3)C(C)(C)c3c-4ccc4ccccc34)cc21. The van der Waals surface area contributed by atoms with Crippen LogP contribution in [-0.4, -0.2) is 0 Å². The summed E-state index contributed by atoms with van der Waals surface area (Å²) in [6, 6.07) is 65.2. The van der Waals surface area contributed by atoms with Crippen LogP contribution >= 0.6 is 0 Å². The van der Waals surface area contributed by atoms with Crippen molar-refractivity contribution < 1.29 is 0 Å². The van der Waals surface area contributed by atoms with Gasteiger partial charge in [0.1, 0.15) is 0 Å². The van der Waals surface area contributed by atoms with Crippen molar-refractivity contribution in [3.8, 4) is 44.5 Å². The molecule has 2 aliphatic rings. The lowest BCUT2D eigenvalue weighted by molar-refractivity contribution is 0.660. The summed E-state index contributed by atoms with van der Waals surface area (Å²) in [5.41, 5.74) is 19.0. The second kappa shape index (κ2) is 11.7. The molecule has 0 atom stereocenters. The van der Waals surface area contributed by atoms with Crippen LogP contribution in [0.5, 0.6) is 0 Å². The minimum atomic E-state index is -0.158. The Morgan fingerprint density at radius 3 is 1.64 bits per heavy atom. The topological polar surface area (TPSA) is 3.24 Å². The van der Waals surface area contributed by atoms with Gasteiger partial charge in [-0.1, -0.05) is 161 Å². The Balaban J connectivity index is 1.15. The average Bonchev–Trinajstić information content (AvgIpc) is 3.58. The monoisotopic (exact) mass is 679 g/mol. The van der Waals surface area contributed by atoms with Crippen molar-refractivity contribution in [1.82, 2.24) is 0 Å². The predicted molar refractivity (Wildman–Crippen MR) is 225 cm³/mol. The third-order valence-corrected chi connectivity index (χ3v) is 12.0. The quantitative estimate of drug-likeness (QED) is 0.175. The zero-order valence-corrected chi connectivity index (χ0v) is 30.7. The van der Waals surface area contributed by atoms with E-state index in [1.165, 1.54) is 83.2 Å². The zero-order valence-electron chi connectivity index (χ0n) is 30.7. The van der Waals surface area contributed by atoms with Gasteiger partial charge < -0.3 is 4.90 Å². The summed E-state index contributed by atoms with van der Waals surface area (Å²) >= 11 is 0. The molecule has 53 heavy (non-hydrogen) atoms. The lowest BCUT2D eigenvalue weighted by atomic mass is 9.80. The Morgan fingerprint density at radius 1 is 0.340 bits per heavy atom. The van der Waals surface area contributed by atoms with E-state index >= 15 is 0 Å². The van der Waals surface area contributed by atoms with Crippen molar-refractivity contribution in [3.05, 3.63) is 198 Å². The molecule has 1 heteroatoms. The maximum absolute atomic E-state index is 2.47. The van der Waals surface area contributed by atoms with Crippen LogP contribution in [0.3, 0.4) is 0 Å². The smallest absolute Gasteiger partial charge is 0.0467 e. The van der Waals surface area contributed by atoms with Gasteiger partial charge in [0.25, 0.3) is 0 Å². The van der Waals surface area contributed by atoms with Crippen molar-refractivity contribution in [3.63, 3.8) is 0 Å². The lowest BCUT2D eigenvalue weighted by Crippen LogP contribution is -2.18. The number of benzene rings is 8. The van der Waals surface area contributed by atoms with Gasteiger partial charge in [0, 0.05) is 27.9 Å². The molecule has 0 bridgehead atoms. The van der Waals surface area contributed by atoms with Crippen LogP contribution in [0.1, 0.15) is 49.9 Å². The van der Waals surface area contributed by atoms with E-state index in [9.17, 15) is 0 Å². The van der Waals surface area contributed by atoms with E-state index in [-0.39, 0.29) is 10.8 Å². The summed E-state index contributed by atoms with van der Waals surface area (Å²) in [5.74, 6) is 0. The minimum absolute atomic E-state index is 0.101. The Labute approximate surface area is 312 Å². The Hall–Kier alpha value is -6.18. The molecular weight excluding hydrogens is 639 g/mol. The van der Waals surface area contributed by atoms with Gasteiger partial charge in [0.2, 0.25) is 0 Å².